The van der Waals surface area contributed by atoms with Gasteiger partial charge in [0.25, 0.3) is 0 Å². The summed E-state index contributed by atoms with van der Waals surface area (Å²) in [7, 11) is 0. The predicted molar refractivity (Wildman–Crippen MR) is 232 cm³/mol. The van der Waals surface area contributed by atoms with E-state index in [1.165, 1.54) is 16.2 Å². The van der Waals surface area contributed by atoms with Crippen molar-refractivity contribution >= 4 is 57.1 Å². The first-order valence-corrected chi connectivity index (χ1v) is 18.7. The molecule has 0 radical (unpaired) electrons. The van der Waals surface area contributed by atoms with Gasteiger partial charge in [-0.3, -0.25) is 0 Å². The van der Waals surface area contributed by atoms with Gasteiger partial charge in [0.2, 0.25) is 0 Å². The molecular weight excluding hydrogens is 691 g/mol. The van der Waals surface area contributed by atoms with Crippen molar-refractivity contribution in [1.82, 2.24) is 15.0 Å². The number of thiol groups is 1. The van der Waals surface area contributed by atoms with Gasteiger partial charge in [-0.1, -0.05) is 140 Å². The number of pyridine rings is 1. The van der Waals surface area contributed by atoms with Crippen LogP contribution in [0, 0.1) is 0 Å². The van der Waals surface area contributed by atoms with E-state index in [-0.39, 0.29) is 0 Å². The van der Waals surface area contributed by atoms with Crippen molar-refractivity contribution in [2.24, 2.45) is 10.1 Å². The minimum absolute atomic E-state index is 0.392. The first kappa shape index (κ1) is 32.9. The molecule has 1 unspecified atom stereocenters. The second-order valence-corrected chi connectivity index (χ2v) is 14.1. The van der Waals surface area contributed by atoms with Crippen molar-refractivity contribution in [1.29, 1.82) is 0 Å². The third kappa shape index (κ3) is 5.98. The van der Waals surface area contributed by atoms with Gasteiger partial charge in [-0.05, 0) is 87.5 Å². The average Bonchev–Trinajstić information content (AvgIpc) is 3.25. The van der Waals surface area contributed by atoms with Gasteiger partial charge in [-0.25, -0.2) is 19.3 Å². The molecule has 0 amide bonds. The largest absolute Gasteiger partial charge is 0.319 e. The van der Waals surface area contributed by atoms with Gasteiger partial charge in [0, 0.05) is 33.2 Å². The molecule has 9 aromatic rings. The Morgan fingerprint density at radius 3 is 1.78 bits per heavy atom. The number of nitrogens with zero attached hydrogens (tertiary/aromatic N) is 4. The first-order valence-electron chi connectivity index (χ1n) is 18.3. The number of para-hydroxylation sites is 1. The van der Waals surface area contributed by atoms with Crippen molar-refractivity contribution in [3.8, 4) is 56.3 Å². The fourth-order valence-corrected chi connectivity index (χ4v) is 7.91. The summed E-state index contributed by atoms with van der Waals surface area (Å²) in [5.41, 5.74) is 19.2. The molecule has 7 aromatic carbocycles. The predicted octanol–water partition coefficient (Wildman–Crippen LogP) is 12.0. The standard InChI is InChI=1S/C49H33N5S/c50-47-43(54-55)25-24-41-46(47)40-14-5-6-15-42(40)51-48(41)33-20-16-32(17-21-33)36-12-7-13-37(26-36)44-29-45(38-22-18-30-8-1-3-10-34(30)27-38)53-49(52-44)39-23-19-31-9-2-4-11-35(31)28-39/h1-29,47,55H,50H2. The molecular formula is C49H33N5S. The van der Waals surface area contributed by atoms with Crippen LogP contribution in [0.25, 0.3) is 94.8 Å². The second kappa shape index (κ2) is 13.6. The highest BCUT2D eigenvalue weighted by Gasteiger charge is 2.25. The fraction of sp³-hybridized carbons (Fsp3) is 0.0204. The normalized spacial score (nSPS) is 14.5. The summed E-state index contributed by atoms with van der Waals surface area (Å²) in [5, 5.41) is 5.73. The van der Waals surface area contributed by atoms with Crippen molar-refractivity contribution in [2.75, 3.05) is 0 Å². The zero-order valence-electron chi connectivity index (χ0n) is 29.6. The van der Waals surface area contributed by atoms with E-state index in [1.54, 1.807) is 0 Å². The summed E-state index contributed by atoms with van der Waals surface area (Å²) in [6.45, 7) is 0. The lowest BCUT2D eigenvalue weighted by Gasteiger charge is -2.23. The molecule has 0 aliphatic heterocycles. The van der Waals surface area contributed by atoms with Crippen molar-refractivity contribution in [3.05, 3.63) is 181 Å². The summed E-state index contributed by atoms with van der Waals surface area (Å²) in [4.78, 5) is 15.5. The number of benzene rings is 7. The van der Waals surface area contributed by atoms with Gasteiger partial charge in [-0.15, -0.1) is 0 Å². The van der Waals surface area contributed by atoms with E-state index in [9.17, 15) is 0 Å². The molecule has 6 heteroatoms. The Balaban J connectivity index is 1.05. The Labute approximate surface area is 324 Å². The van der Waals surface area contributed by atoms with Gasteiger partial charge in [0.05, 0.1) is 34.4 Å². The van der Waals surface area contributed by atoms with E-state index in [1.807, 2.05) is 24.3 Å². The van der Waals surface area contributed by atoms with E-state index in [2.05, 4.69) is 169 Å². The molecule has 5 nitrogen and oxygen atoms in total. The van der Waals surface area contributed by atoms with Crippen LogP contribution in [0.3, 0.4) is 0 Å². The molecule has 2 heterocycles. The molecule has 1 atom stereocenters. The lowest BCUT2D eigenvalue weighted by molar-refractivity contribution is 0.968. The zero-order valence-corrected chi connectivity index (χ0v) is 30.5. The Morgan fingerprint density at radius 1 is 0.473 bits per heavy atom. The third-order valence-corrected chi connectivity index (χ3v) is 10.8. The SMILES string of the molecule is NC1C(=NS)C=Cc2c(-c3ccc(-c4cccc(-c5cc(-c6ccc7ccccc7c6)nc(-c6ccc7ccccc7c6)n5)c4)cc3)nc3ccccc3c21. The Kier molecular flexibility index (Phi) is 8.13. The molecule has 0 saturated heterocycles. The summed E-state index contributed by atoms with van der Waals surface area (Å²) in [5.74, 6) is 0.689. The number of hydrogen-bond acceptors (Lipinski definition) is 6. The maximum atomic E-state index is 6.74. The van der Waals surface area contributed by atoms with E-state index < -0.39 is 6.04 Å². The Morgan fingerprint density at radius 2 is 1.05 bits per heavy atom. The molecule has 0 bridgehead atoms. The van der Waals surface area contributed by atoms with Crippen molar-refractivity contribution < 1.29 is 0 Å². The van der Waals surface area contributed by atoms with Crippen LogP contribution in [0.5, 0.6) is 0 Å². The van der Waals surface area contributed by atoms with Crippen molar-refractivity contribution in [2.45, 2.75) is 6.04 Å². The van der Waals surface area contributed by atoms with Crippen molar-refractivity contribution in [3.63, 3.8) is 0 Å². The van der Waals surface area contributed by atoms with E-state index in [0.717, 1.165) is 83.6 Å². The number of aromatic nitrogens is 3. The minimum atomic E-state index is -0.392. The molecule has 0 spiro atoms. The van der Waals surface area contributed by atoms with Crippen LogP contribution < -0.4 is 5.73 Å². The topological polar surface area (TPSA) is 77.0 Å². The molecule has 55 heavy (non-hydrogen) atoms. The maximum Gasteiger partial charge on any atom is 0.160 e. The molecule has 1 aliphatic carbocycles. The van der Waals surface area contributed by atoms with Gasteiger partial charge in [-0.2, -0.15) is 0 Å². The minimum Gasteiger partial charge on any atom is -0.319 e. The Hall–Kier alpha value is -6.73. The molecule has 260 valence electrons. The van der Waals surface area contributed by atoms with Crippen LogP contribution >= 0.6 is 12.8 Å². The van der Waals surface area contributed by atoms with Crippen LogP contribution in [0.2, 0.25) is 0 Å². The van der Waals surface area contributed by atoms with E-state index in [4.69, 9.17) is 20.7 Å². The third-order valence-electron chi connectivity index (χ3n) is 10.6. The van der Waals surface area contributed by atoms with E-state index >= 15 is 0 Å². The fourth-order valence-electron chi connectivity index (χ4n) is 7.72. The Bertz CT molecular complexity index is 2920. The molecule has 10 rings (SSSR count). The average molecular weight is 724 g/mol. The molecule has 1 aliphatic rings. The highest BCUT2D eigenvalue weighted by atomic mass is 32.1. The first-order chi connectivity index (χ1) is 27.1. The summed E-state index contributed by atoms with van der Waals surface area (Å²) in [6, 6.07) is 56.8. The summed E-state index contributed by atoms with van der Waals surface area (Å²) >= 11 is 4.18. The maximum absolute atomic E-state index is 6.74. The van der Waals surface area contributed by atoms with Gasteiger partial charge in [0.1, 0.15) is 0 Å². The number of rotatable bonds is 5. The van der Waals surface area contributed by atoms with E-state index in [0.29, 0.717) is 5.82 Å². The summed E-state index contributed by atoms with van der Waals surface area (Å²) in [6.07, 6.45) is 3.99. The van der Waals surface area contributed by atoms with Gasteiger partial charge in [0.15, 0.2) is 5.82 Å². The lowest BCUT2D eigenvalue weighted by atomic mass is 9.86. The lowest BCUT2D eigenvalue weighted by Crippen LogP contribution is -2.24. The molecule has 0 saturated carbocycles. The van der Waals surface area contributed by atoms with Crippen LogP contribution in [0.1, 0.15) is 17.2 Å². The molecule has 2 N–H and O–H groups in total. The van der Waals surface area contributed by atoms with Crippen LogP contribution in [0.4, 0.5) is 0 Å². The van der Waals surface area contributed by atoms with Gasteiger partial charge >= 0.3 is 0 Å². The highest BCUT2D eigenvalue weighted by molar-refractivity contribution is 7.79. The molecule has 2 aromatic heterocycles. The monoisotopic (exact) mass is 723 g/mol. The number of hydrogen-bond donors (Lipinski definition) is 2. The highest BCUT2D eigenvalue weighted by Crippen LogP contribution is 2.38. The molecule has 0 fully saturated rings. The zero-order chi connectivity index (χ0) is 36.9. The quantitative estimate of drug-likeness (QED) is 0.173. The second-order valence-electron chi connectivity index (χ2n) is 13.9. The van der Waals surface area contributed by atoms with Crippen LogP contribution in [0.15, 0.2) is 174 Å². The summed E-state index contributed by atoms with van der Waals surface area (Å²) < 4.78 is 4.14. The van der Waals surface area contributed by atoms with Crippen LogP contribution in [-0.2, 0) is 0 Å². The number of nitrogens with two attached hydrogens (primary N) is 1. The number of fused-ring (bicyclic) bond motifs is 5. The smallest absolute Gasteiger partial charge is 0.160 e. The van der Waals surface area contributed by atoms with Gasteiger partial charge < -0.3 is 5.73 Å². The van der Waals surface area contributed by atoms with Crippen LogP contribution in [-0.4, -0.2) is 20.7 Å².